The van der Waals surface area contributed by atoms with Gasteiger partial charge in [-0.1, -0.05) is 23.9 Å². The molecule has 2 amide bonds. The molecule has 4 rings (SSSR count). The number of anilines is 2. The minimum absolute atomic E-state index is 0.122. The molecule has 9 heteroatoms. The van der Waals surface area contributed by atoms with E-state index in [-0.39, 0.29) is 17.6 Å². The number of rotatable bonds is 7. The summed E-state index contributed by atoms with van der Waals surface area (Å²) in [5.41, 5.74) is 1.51. The SMILES string of the molecule is CCn1c(SCC(=O)Nc2cccc(N3CCCC3=O)c2)nnc1-c1cccs1. The molecule has 0 aliphatic carbocycles. The van der Waals surface area contributed by atoms with Crippen LogP contribution in [0.15, 0.2) is 46.9 Å². The van der Waals surface area contributed by atoms with Gasteiger partial charge in [-0.05, 0) is 43.0 Å². The molecule has 3 heterocycles. The Hall–Kier alpha value is -2.65. The van der Waals surface area contributed by atoms with E-state index >= 15 is 0 Å². The number of thioether (sulfide) groups is 1. The summed E-state index contributed by atoms with van der Waals surface area (Å²) >= 11 is 2.98. The van der Waals surface area contributed by atoms with Crippen molar-refractivity contribution in [2.75, 3.05) is 22.5 Å². The first-order chi connectivity index (χ1) is 14.2. The molecule has 0 saturated carbocycles. The zero-order valence-corrected chi connectivity index (χ0v) is 17.6. The van der Waals surface area contributed by atoms with Crippen molar-refractivity contribution in [2.24, 2.45) is 0 Å². The molecule has 0 spiro atoms. The van der Waals surface area contributed by atoms with Crippen LogP contribution in [-0.4, -0.2) is 38.9 Å². The van der Waals surface area contributed by atoms with Gasteiger partial charge in [0.25, 0.3) is 0 Å². The van der Waals surface area contributed by atoms with E-state index in [0.29, 0.717) is 12.1 Å². The minimum Gasteiger partial charge on any atom is -0.325 e. The fraction of sp³-hybridized carbons (Fsp3) is 0.300. The molecule has 1 saturated heterocycles. The quantitative estimate of drug-likeness (QED) is 0.579. The van der Waals surface area contributed by atoms with Crippen LogP contribution in [0.25, 0.3) is 10.7 Å². The van der Waals surface area contributed by atoms with Crippen molar-refractivity contribution in [3.8, 4) is 10.7 Å². The number of amides is 2. The van der Waals surface area contributed by atoms with Crippen molar-refractivity contribution in [3.05, 3.63) is 41.8 Å². The second kappa shape index (κ2) is 8.79. The Balaban J connectivity index is 1.39. The maximum Gasteiger partial charge on any atom is 0.234 e. The molecule has 7 nitrogen and oxygen atoms in total. The summed E-state index contributed by atoms with van der Waals surface area (Å²) in [5, 5.41) is 14.2. The Labute approximate surface area is 177 Å². The second-order valence-corrected chi connectivity index (χ2v) is 8.45. The Bertz CT molecular complexity index is 1020. The van der Waals surface area contributed by atoms with Crippen LogP contribution in [0.3, 0.4) is 0 Å². The number of nitrogens with zero attached hydrogens (tertiary/aromatic N) is 4. The molecule has 0 atom stereocenters. The first-order valence-electron chi connectivity index (χ1n) is 9.46. The number of benzene rings is 1. The predicted octanol–water partition coefficient (Wildman–Crippen LogP) is 3.88. The van der Waals surface area contributed by atoms with E-state index in [9.17, 15) is 9.59 Å². The number of carbonyl (C=O) groups is 2. The van der Waals surface area contributed by atoms with Crippen LogP contribution in [0.1, 0.15) is 19.8 Å². The van der Waals surface area contributed by atoms with E-state index in [1.807, 2.05) is 53.3 Å². The molecular formula is C20H21N5O2S2. The predicted molar refractivity (Wildman–Crippen MR) is 116 cm³/mol. The summed E-state index contributed by atoms with van der Waals surface area (Å²) in [7, 11) is 0. The minimum atomic E-state index is -0.122. The van der Waals surface area contributed by atoms with Crippen molar-refractivity contribution in [3.63, 3.8) is 0 Å². The lowest BCUT2D eigenvalue weighted by Crippen LogP contribution is -2.23. The van der Waals surface area contributed by atoms with Gasteiger partial charge in [0.05, 0.1) is 10.6 Å². The highest BCUT2D eigenvalue weighted by Crippen LogP contribution is 2.28. The van der Waals surface area contributed by atoms with Crippen molar-refractivity contribution < 1.29 is 9.59 Å². The van der Waals surface area contributed by atoms with E-state index in [2.05, 4.69) is 15.5 Å². The summed E-state index contributed by atoms with van der Waals surface area (Å²) < 4.78 is 2.02. The smallest absolute Gasteiger partial charge is 0.234 e. The van der Waals surface area contributed by atoms with E-state index in [1.54, 1.807) is 16.2 Å². The zero-order valence-electron chi connectivity index (χ0n) is 16.0. The van der Waals surface area contributed by atoms with Crippen molar-refractivity contribution in [2.45, 2.75) is 31.5 Å². The Morgan fingerprint density at radius 1 is 1.28 bits per heavy atom. The van der Waals surface area contributed by atoms with Gasteiger partial charge in [-0.2, -0.15) is 0 Å². The van der Waals surface area contributed by atoms with E-state index in [1.165, 1.54) is 11.8 Å². The van der Waals surface area contributed by atoms with E-state index in [4.69, 9.17) is 0 Å². The lowest BCUT2D eigenvalue weighted by atomic mass is 10.2. The molecular weight excluding hydrogens is 406 g/mol. The molecule has 0 radical (unpaired) electrons. The number of carbonyl (C=O) groups excluding carboxylic acids is 2. The Kier molecular flexibility index (Phi) is 5.96. The first-order valence-corrected chi connectivity index (χ1v) is 11.3. The zero-order chi connectivity index (χ0) is 20.2. The number of hydrogen-bond donors (Lipinski definition) is 1. The van der Waals surface area contributed by atoms with Crippen molar-refractivity contribution >= 4 is 46.3 Å². The fourth-order valence-corrected chi connectivity index (χ4v) is 4.79. The van der Waals surface area contributed by atoms with Crippen LogP contribution in [0.5, 0.6) is 0 Å². The fourth-order valence-electron chi connectivity index (χ4n) is 3.27. The Morgan fingerprint density at radius 3 is 2.90 bits per heavy atom. The van der Waals surface area contributed by atoms with Gasteiger partial charge < -0.3 is 14.8 Å². The van der Waals surface area contributed by atoms with Crippen LogP contribution < -0.4 is 10.2 Å². The summed E-state index contributed by atoms with van der Waals surface area (Å²) in [5.74, 6) is 1.07. The van der Waals surface area contributed by atoms with E-state index in [0.717, 1.165) is 41.1 Å². The molecule has 1 N–H and O–H groups in total. The monoisotopic (exact) mass is 427 g/mol. The lowest BCUT2D eigenvalue weighted by Gasteiger charge is -2.16. The van der Waals surface area contributed by atoms with Crippen molar-refractivity contribution in [1.29, 1.82) is 0 Å². The van der Waals surface area contributed by atoms with Gasteiger partial charge in [-0.3, -0.25) is 9.59 Å². The third kappa shape index (κ3) is 4.35. The molecule has 0 bridgehead atoms. The molecule has 1 aliphatic heterocycles. The molecule has 0 unspecified atom stereocenters. The Morgan fingerprint density at radius 2 is 2.17 bits per heavy atom. The third-order valence-corrected chi connectivity index (χ3v) is 6.45. The topological polar surface area (TPSA) is 80.1 Å². The average Bonchev–Trinajstić information content (AvgIpc) is 3.46. The summed E-state index contributed by atoms with van der Waals surface area (Å²) in [4.78, 5) is 27.2. The number of nitrogens with one attached hydrogen (secondary N) is 1. The molecule has 29 heavy (non-hydrogen) atoms. The van der Waals surface area contributed by atoms with Gasteiger partial charge in [0.1, 0.15) is 0 Å². The maximum atomic E-state index is 12.4. The van der Waals surface area contributed by atoms with E-state index < -0.39 is 0 Å². The average molecular weight is 428 g/mol. The van der Waals surface area contributed by atoms with Crippen LogP contribution in [-0.2, 0) is 16.1 Å². The normalized spacial score (nSPS) is 13.8. The van der Waals surface area contributed by atoms with Crippen LogP contribution in [0.2, 0.25) is 0 Å². The summed E-state index contributed by atoms with van der Waals surface area (Å²) in [6, 6.07) is 11.4. The maximum absolute atomic E-state index is 12.4. The number of thiophene rings is 1. The third-order valence-electron chi connectivity index (χ3n) is 4.62. The number of aromatic nitrogens is 3. The van der Waals surface area contributed by atoms with Crippen LogP contribution in [0.4, 0.5) is 11.4 Å². The second-order valence-electron chi connectivity index (χ2n) is 6.56. The van der Waals surface area contributed by atoms with Gasteiger partial charge in [-0.25, -0.2) is 0 Å². The van der Waals surface area contributed by atoms with Gasteiger partial charge in [0, 0.05) is 30.9 Å². The lowest BCUT2D eigenvalue weighted by molar-refractivity contribution is -0.117. The summed E-state index contributed by atoms with van der Waals surface area (Å²) in [6.07, 6.45) is 1.45. The molecule has 1 aromatic carbocycles. The van der Waals surface area contributed by atoms with Gasteiger partial charge in [-0.15, -0.1) is 21.5 Å². The summed E-state index contributed by atoms with van der Waals surface area (Å²) in [6.45, 7) is 3.50. The molecule has 2 aromatic heterocycles. The molecule has 3 aromatic rings. The highest BCUT2D eigenvalue weighted by Gasteiger charge is 2.22. The van der Waals surface area contributed by atoms with Gasteiger partial charge >= 0.3 is 0 Å². The van der Waals surface area contributed by atoms with Gasteiger partial charge in [0.2, 0.25) is 11.8 Å². The van der Waals surface area contributed by atoms with Crippen molar-refractivity contribution in [1.82, 2.24) is 14.8 Å². The van der Waals surface area contributed by atoms with Gasteiger partial charge in [0.15, 0.2) is 11.0 Å². The first kappa shape index (κ1) is 19.7. The highest BCUT2D eigenvalue weighted by molar-refractivity contribution is 7.99. The molecule has 150 valence electrons. The highest BCUT2D eigenvalue weighted by atomic mass is 32.2. The van der Waals surface area contributed by atoms with Crippen LogP contribution in [0, 0.1) is 0 Å². The standard InChI is InChI=1S/C20H21N5O2S2/c1-2-24-19(16-8-5-11-28-16)22-23-20(24)29-13-17(26)21-14-6-3-7-15(12-14)25-10-4-9-18(25)27/h3,5-8,11-12H,2,4,9-10,13H2,1H3,(H,21,26). The largest absolute Gasteiger partial charge is 0.325 e. The molecule has 1 fully saturated rings. The van der Waals surface area contributed by atoms with Crippen LogP contribution >= 0.6 is 23.1 Å². The molecule has 1 aliphatic rings. The number of hydrogen-bond acceptors (Lipinski definition) is 6.